The Morgan fingerprint density at radius 3 is 2.68 bits per heavy atom. The number of furan rings is 1. The van der Waals surface area contributed by atoms with Gasteiger partial charge in [-0.2, -0.15) is 5.10 Å². The number of rotatable bonds is 3. The Labute approximate surface area is 161 Å². The molecule has 0 bridgehead atoms. The summed E-state index contributed by atoms with van der Waals surface area (Å²) in [4.78, 5) is 8.46. The van der Waals surface area contributed by atoms with Gasteiger partial charge in [0.1, 0.15) is 11.6 Å². The number of nitrogens with one attached hydrogen (secondary N) is 1. The predicted octanol–water partition coefficient (Wildman–Crippen LogP) is 2.84. The Kier molecular flexibility index (Phi) is 3.98. The zero-order valence-electron chi connectivity index (χ0n) is 15.3. The molecule has 1 aliphatic heterocycles. The third-order valence-electron chi connectivity index (χ3n) is 5.25. The van der Waals surface area contributed by atoms with Crippen LogP contribution in [0.25, 0.3) is 33.4 Å². The Hall–Kier alpha value is -3.39. The second-order valence-electron chi connectivity index (χ2n) is 7.07. The van der Waals surface area contributed by atoms with E-state index in [4.69, 9.17) is 15.9 Å². The highest BCUT2D eigenvalue weighted by molar-refractivity contribution is 6.00. The molecule has 5 N–H and O–H groups in total. The van der Waals surface area contributed by atoms with Crippen molar-refractivity contribution in [1.82, 2.24) is 25.1 Å². The lowest BCUT2D eigenvalue weighted by Crippen LogP contribution is -2.29. The number of nitrogen functional groups attached to an aromatic ring is 2. The van der Waals surface area contributed by atoms with Crippen LogP contribution in [-0.4, -0.2) is 32.8 Å². The molecule has 1 aliphatic rings. The fourth-order valence-corrected chi connectivity index (χ4v) is 3.72. The van der Waals surface area contributed by atoms with Crippen LogP contribution < -0.4 is 16.8 Å². The predicted molar refractivity (Wildman–Crippen MR) is 108 cm³/mol. The van der Waals surface area contributed by atoms with Gasteiger partial charge in [-0.25, -0.2) is 9.97 Å². The summed E-state index contributed by atoms with van der Waals surface area (Å²) in [6.45, 7) is 2.04. The van der Waals surface area contributed by atoms with E-state index >= 15 is 0 Å². The Morgan fingerprint density at radius 1 is 1.04 bits per heavy atom. The van der Waals surface area contributed by atoms with Gasteiger partial charge in [0.15, 0.2) is 11.4 Å². The van der Waals surface area contributed by atoms with Crippen LogP contribution in [-0.2, 0) is 0 Å². The van der Waals surface area contributed by atoms with Gasteiger partial charge in [-0.3, -0.25) is 4.68 Å². The maximum atomic E-state index is 6.07. The van der Waals surface area contributed by atoms with Gasteiger partial charge in [0, 0.05) is 40.7 Å². The molecule has 8 nitrogen and oxygen atoms in total. The summed E-state index contributed by atoms with van der Waals surface area (Å²) >= 11 is 0. The van der Waals surface area contributed by atoms with E-state index in [9.17, 15) is 0 Å². The van der Waals surface area contributed by atoms with Crippen LogP contribution in [0.4, 0.5) is 11.6 Å². The first kappa shape index (κ1) is 16.8. The molecular weight excluding hydrogens is 354 g/mol. The van der Waals surface area contributed by atoms with Gasteiger partial charge in [-0.05, 0) is 44.1 Å². The van der Waals surface area contributed by atoms with E-state index in [0.717, 1.165) is 48.0 Å². The molecule has 4 aromatic heterocycles. The summed E-state index contributed by atoms with van der Waals surface area (Å²) in [5.74, 6) is 1.50. The normalized spacial score (nSPS) is 15.3. The molecule has 1 fully saturated rings. The molecular formula is C20H21N7O. The highest BCUT2D eigenvalue weighted by Crippen LogP contribution is 2.36. The second-order valence-corrected chi connectivity index (χ2v) is 7.07. The van der Waals surface area contributed by atoms with E-state index in [2.05, 4.69) is 31.3 Å². The number of anilines is 2. The molecule has 4 aromatic rings. The Morgan fingerprint density at radius 2 is 1.89 bits per heavy atom. The number of hydrogen-bond acceptors (Lipinski definition) is 7. The molecule has 5 heterocycles. The summed E-state index contributed by atoms with van der Waals surface area (Å²) < 4.78 is 8.07. The summed E-state index contributed by atoms with van der Waals surface area (Å²) in [5, 5.41) is 8.89. The van der Waals surface area contributed by atoms with Crippen LogP contribution in [0.5, 0.6) is 0 Å². The van der Waals surface area contributed by atoms with Crippen LogP contribution in [0.15, 0.2) is 47.4 Å². The highest BCUT2D eigenvalue weighted by Gasteiger charge is 2.19. The molecule has 0 aromatic carbocycles. The number of nitrogens with two attached hydrogens (primary N) is 2. The first-order valence-corrected chi connectivity index (χ1v) is 9.34. The minimum atomic E-state index is 0.360. The second kappa shape index (κ2) is 6.65. The molecule has 8 heteroatoms. The quantitative estimate of drug-likeness (QED) is 0.503. The van der Waals surface area contributed by atoms with E-state index in [1.54, 1.807) is 18.5 Å². The SMILES string of the molecule is Nc1ccc(-c2cc3c(-c4cnn(C5CCNCC5)c4)cnc(N)c3o2)cn1. The molecule has 0 atom stereocenters. The molecule has 0 aliphatic carbocycles. The van der Waals surface area contributed by atoms with Crippen molar-refractivity contribution in [2.24, 2.45) is 0 Å². The summed E-state index contributed by atoms with van der Waals surface area (Å²) in [6, 6.07) is 6.01. The van der Waals surface area contributed by atoms with Gasteiger partial charge < -0.3 is 21.2 Å². The van der Waals surface area contributed by atoms with Gasteiger partial charge in [-0.15, -0.1) is 0 Å². The molecule has 0 unspecified atom stereocenters. The lowest BCUT2D eigenvalue weighted by Gasteiger charge is -2.22. The first-order valence-electron chi connectivity index (χ1n) is 9.34. The van der Waals surface area contributed by atoms with Crippen LogP contribution >= 0.6 is 0 Å². The summed E-state index contributed by atoms with van der Waals surface area (Å²) in [5.41, 5.74) is 15.1. The third-order valence-corrected chi connectivity index (χ3v) is 5.25. The monoisotopic (exact) mass is 375 g/mol. The molecule has 28 heavy (non-hydrogen) atoms. The number of hydrogen-bond donors (Lipinski definition) is 3. The van der Waals surface area contributed by atoms with Crippen molar-refractivity contribution in [3.63, 3.8) is 0 Å². The summed E-state index contributed by atoms with van der Waals surface area (Å²) in [7, 11) is 0. The van der Waals surface area contributed by atoms with Crippen LogP contribution in [0.2, 0.25) is 0 Å². The fourth-order valence-electron chi connectivity index (χ4n) is 3.72. The minimum Gasteiger partial charge on any atom is -0.452 e. The van der Waals surface area contributed by atoms with Crippen molar-refractivity contribution >= 4 is 22.6 Å². The van der Waals surface area contributed by atoms with Crippen molar-refractivity contribution < 1.29 is 4.42 Å². The third kappa shape index (κ3) is 2.87. The van der Waals surface area contributed by atoms with E-state index in [0.29, 0.717) is 29.0 Å². The number of nitrogens with zero attached hydrogens (tertiary/aromatic N) is 4. The van der Waals surface area contributed by atoms with Crippen molar-refractivity contribution in [2.75, 3.05) is 24.6 Å². The standard InChI is InChI=1S/C20H21N7O/c21-18-2-1-12(8-24-18)17-7-15-16(10-25-20(22)19(15)28-17)13-9-26-27(11-13)14-3-5-23-6-4-14/h1-2,7-11,14,23H,3-6H2,(H2,21,24)(H2,22,25). The first-order chi connectivity index (χ1) is 13.7. The highest BCUT2D eigenvalue weighted by atomic mass is 16.3. The van der Waals surface area contributed by atoms with Crippen molar-refractivity contribution in [3.05, 3.63) is 43.0 Å². The van der Waals surface area contributed by atoms with Gasteiger partial charge in [0.05, 0.1) is 12.2 Å². The van der Waals surface area contributed by atoms with Crippen molar-refractivity contribution in [3.8, 4) is 22.5 Å². The van der Waals surface area contributed by atoms with E-state index < -0.39 is 0 Å². The van der Waals surface area contributed by atoms with Crippen molar-refractivity contribution in [1.29, 1.82) is 0 Å². The van der Waals surface area contributed by atoms with Gasteiger partial charge in [-0.1, -0.05) is 0 Å². The van der Waals surface area contributed by atoms with E-state index in [1.165, 1.54) is 0 Å². The number of aromatic nitrogens is 4. The lowest BCUT2D eigenvalue weighted by molar-refractivity contribution is 0.343. The smallest absolute Gasteiger partial charge is 0.177 e. The topological polar surface area (TPSA) is 121 Å². The largest absolute Gasteiger partial charge is 0.452 e. The average molecular weight is 375 g/mol. The maximum absolute atomic E-state index is 6.07. The van der Waals surface area contributed by atoms with Crippen molar-refractivity contribution in [2.45, 2.75) is 18.9 Å². The molecule has 142 valence electrons. The van der Waals surface area contributed by atoms with E-state index in [1.807, 2.05) is 18.3 Å². The van der Waals surface area contributed by atoms with Gasteiger partial charge >= 0.3 is 0 Å². The molecule has 5 rings (SSSR count). The summed E-state index contributed by atoms with van der Waals surface area (Å²) in [6.07, 6.45) is 9.59. The molecule has 0 amide bonds. The van der Waals surface area contributed by atoms with Crippen LogP contribution in [0.1, 0.15) is 18.9 Å². The van der Waals surface area contributed by atoms with Gasteiger partial charge in [0.25, 0.3) is 0 Å². The Balaban J connectivity index is 1.57. The zero-order valence-corrected chi connectivity index (χ0v) is 15.3. The minimum absolute atomic E-state index is 0.360. The zero-order chi connectivity index (χ0) is 19.1. The number of fused-ring (bicyclic) bond motifs is 1. The van der Waals surface area contributed by atoms with Crippen LogP contribution in [0.3, 0.4) is 0 Å². The molecule has 0 spiro atoms. The fraction of sp³-hybridized carbons (Fsp3) is 0.250. The van der Waals surface area contributed by atoms with E-state index in [-0.39, 0.29) is 0 Å². The molecule has 1 saturated heterocycles. The maximum Gasteiger partial charge on any atom is 0.177 e. The molecule has 0 saturated carbocycles. The lowest BCUT2D eigenvalue weighted by atomic mass is 10.1. The van der Waals surface area contributed by atoms with Crippen LogP contribution in [0, 0.1) is 0 Å². The number of piperidine rings is 1. The van der Waals surface area contributed by atoms with Gasteiger partial charge in [0.2, 0.25) is 0 Å². The average Bonchev–Trinajstić information content (AvgIpc) is 3.38. The number of pyridine rings is 2. The Bertz CT molecular complexity index is 1120. The molecule has 0 radical (unpaired) electrons.